The molecule has 1 fully saturated rings. The van der Waals surface area contributed by atoms with Gasteiger partial charge in [0.2, 0.25) is 5.91 Å². The van der Waals surface area contributed by atoms with Crippen LogP contribution in [0.3, 0.4) is 0 Å². The van der Waals surface area contributed by atoms with Crippen LogP contribution in [0, 0.1) is 0 Å². The van der Waals surface area contributed by atoms with E-state index in [1.165, 1.54) is 34.0 Å². The SMILES string of the molecule is O=C(C[C@]1(c2ccc(-c3ccc(-c4cnco4)cc3)s2)CCN(C(=O)c2ccsc2)CCS1(=O)=O)NO. The zero-order valence-corrected chi connectivity index (χ0v) is 21.9. The van der Waals surface area contributed by atoms with Crippen molar-refractivity contribution in [2.45, 2.75) is 17.6 Å². The van der Waals surface area contributed by atoms with Gasteiger partial charge in [-0.05, 0) is 35.6 Å². The molecule has 0 bridgehead atoms. The molecular weight excluding hydrogens is 534 g/mol. The van der Waals surface area contributed by atoms with Crippen molar-refractivity contribution in [2.24, 2.45) is 0 Å². The Hall–Kier alpha value is -3.32. The van der Waals surface area contributed by atoms with Crippen LogP contribution in [0.5, 0.6) is 0 Å². The number of sulfone groups is 1. The van der Waals surface area contributed by atoms with Crippen LogP contribution in [0.4, 0.5) is 0 Å². The summed E-state index contributed by atoms with van der Waals surface area (Å²) < 4.78 is 31.2. The molecule has 0 aliphatic carbocycles. The van der Waals surface area contributed by atoms with E-state index in [0.717, 1.165) is 16.0 Å². The number of oxazole rings is 1. The van der Waals surface area contributed by atoms with E-state index in [4.69, 9.17) is 4.42 Å². The molecule has 0 unspecified atom stereocenters. The molecule has 2 amide bonds. The first-order valence-electron chi connectivity index (χ1n) is 11.4. The highest BCUT2D eigenvalue weighted by atomic mass is 32.2. The van der Waals surface area contributed by atoms with E-state index in [-0.39, 0.29) is 31.2 Å². The van der Waals surface area contributed by atoms with Crippen LogP contribution in [0.25, 0.3) is 21.8 Å². The smallest absolute Gasteiger partial charge is 0.254 e. The van der Waals surface area contributed by atoms with E-state index in [2.05, 4.69) is 4.98 Å². The molecule has 192 valence electrons. The number of hydrogen-bond acceptors (Lipinski definition) is 9. The molecule has 4 aromatic rings. The maximum absolute atomic E-state index is 13.7. The van der Waals surface area contributed by atoms with Gasteiger partial charge >= 0.3 is 0 Å². The predicted octanol–water partition coefficient (Wildman–Crippen LogP) is 4.18. The number of thiophene rings is 2. The van der Waals surface area contributed by atoms with Crippen molar-refractivity contribution in [1.29, 1.82) is 0 Å². The Morgan fingerprint density at radius 1 is 1.11 bits per heavy atom. The molecule has 3 aromatic heterocycles. The average Bonchev–Trinajstić information content (AvgIpc) is 3.69. The van der Waals surface area contributed by atoms with Crippen molar-refractivity contribution in [2.75, 3.05) is 18.8 Å². The van der Waals surface area contributed by atoms with Gasteiger partial charge < -0.3 is 9.32 Å². The van der Waals surface area contributed by atoms with Gasteiger partial charge in [0.15, 0.2) is 22.0 Å². The zero-order chi connectivity index (χ0) is 26.0. The molecule has 1 atom stereocenters. The Kier molecular flexibility index (Phi) is 6.99. The fourth-order valence-electron chi connectivity index (χ4n) is 4.54. The first kappa shape index (κ1) is 25.3. The molecule has 12 heteroatoms. The summed E-state index contributed by atoms with van der Waals surface area (Å²) in [7, 11) is -3.89. The van der Waals surface area contributed by atoms with Gasteiger partial charge in [-0.15, -0.1) is 11.3 Å². The summed E-state index contributed by atoms with van der Waals surface area (Å²) in [5.41, 5.74) is 3.83. The molecule has 0 saturated carbocycles. The number of carbonyl (C=O) groups excluding carboxylic acids is 2. The van der Waals surface area contributed by atoms with Crippen molar-refractivity contribution in [3.63, 3.8) is 0 Å². The Balaban J connectivity index is 1.48. The lowest BCUT2D eigenvalue weighted by Crippen LogP contribution is -2.41. The average molecular weight is 558 g/mol. The van der Waals surface area contributed by atoms with E-state index in [1.54, 1.807) is 34.6 Å². The summed E-state index contributed by atoms with van der Waals surface area (Å²) in [5.74, 6) is -0.690. The third kappa shape index (κ3) is 4.85. The normalized spacial score (nSPS) is 19.3. The first-order valence-corrected chi connectivity index (χ1v) is 14.8. The molecule has 2 N–H and O–H groups in total. The number of benzene rings is 1. The van der Waals surface area contributed by atoms with Gasteiger partial charge in [-0.3, -0.25) is 14.8 Å². The maximum atomic E-state index is 13.7. The topological polar surface area (TPSA) is 130 Å². The predicted molar refractivity (Wildman–Crippen MR) is 140 cm³/mol. The van der Waals surface area contributed by atoms with E-state index in [0.29, 0.717) is 16.2 Å². The van der Waals surface area contributed by atoms with Crippen LogP contribution in [-0.4, -0.2) is 54.2 Å². The highest BCUT2D eigenvalue weighted by molar-refractivity contribution is 7.92. The lowest BCUT2D eigenvalue weighted by molar-refractivity contribution is -0.129. The Morgan fingerprint density at radius 2 is 1.89 bits per heavy atom. The summed E-state index contributed by atoms with van der Waals surface area (Å²) in [6, 6.07) is 12.9. The number of aromatic nitrogens is 1. The summed E-state index contributed by atoms with van der Waals surface area (Å²) >= 11 is 2.68. The Labute approximate surface area is 221 Å². The van der Waals surface area contributed by atoms with Crippen molar-refractivity contribution < 1.29 is 27.6 Å². The van der Waals surface area contributed by atoms with Gasteiger partial charge in [0.05, 0.1) is 23.9 Å². The molecule has 5 rings (SSSR count). The van der Waals surface area contributed by atoms with Crippen LogP contribution in [-0.2, 0) is 19.4 Å². The molecule has 0 radical (unpaired) electrons. The van der Waals surface area contributed by atoms with Gasteiger partial charge in [0, 0.05) is 33.8 Å². The molecule has 1 aliphatic rings. The maximum Gasteiger partial charge on any atom is 0.254 e. The molecule has 1 saturated heterocycles. The molecule has 37 heavy (non-hydrogen) atoms. The Morgan fingerprint density at radius 3 is 2.57 bits per heavy atom. The highest BCUT2D eigenvalue weighted by Crippen LogP contribution is 2.45. The number of nitrogens with zero attached hydrogens (tertiary/aromatic N) is 2. The largest absolute Gasteiger partial charge is 0.444 e. The second-order valence-corrected chi connectivity index (χ2v) is 13.0. The fraction of sp³-hybridized carbons (Fsp3) is 0.240. The lowest BCUT2D eigenvalue weighted by Gasteiger charge is -2.30. The van der Waals surface area contributed by atoms with Crippen LogP contribution >= 0.6 is 22.7 Å². The van der Waals surface area contributed by atoms with Gasteiger partial charge in [0.1, 0.15) is 4.75 Å². The van der Waals surface area contributed by atoms with Crippen molar-refractivity contribution in [3.05, 3.63) is 76.3 Å². The number of amides is 2. The van der Waals surface area contributed by atoms with Gasteiger partial charge in [-0.1, -0.05) is 24.3 Å². The minimum atomic E-state index is -3.89. The van der Waals surface area contributed by atoms with E-state index in [9.17, 15) is 23.2 Å². The highest BCUT2D eigenvalue weighted by Gasteiger charge is 2.50. The first-order chi connectivity index (χ1) is 17.8. The number of nitrogens with one attached hydrogen (secondary N) is 1. The van der Waals surface area contributed by atoms with Crippen molar-refractivity contribution >= 4 is 44.3 Å². The summed E-state index contributed by atoms with van der Waals surface area (Å²) in [6.45, 7) is 0.187. The van der Waals surface area contributed by atoms with Crippen LogP contribution in [0.15, 0.2) is 70.2 Å². The molecule has 4 heterocycles. The fourth-order valence-corrected chi connectivity index (χ4v) is 8.77. The minimum Gasteiger partial charge on any atom is -0.444 e. The number of hydroxylamine groups is 1. The van der Waals surface area contributed by atoms with Gasteiger partial charge in [-0.25, -0.2) is 18.9 Å². The van der Waals surface area contributed by atoms with E-state index < -0.39 is 26.9 Å². The zero-order valence-electron chi connectivity index (χ0n) is 19.5. The van der Waals surface area contributed by atoms with Crippen molar-refractivity contribution in [3.8, 4) is 21.8 Å². The van der Waals surface area contributed by atoms with Crippen LogP contribution in [0.1, 0.15) is 28.1 Å². The Bertz CT molecular complexity index is 1500. The second-order valence-electron chi connectivity index (χ2n) is 8.69. The molecule has 0 spiro atoms. The monoisotopic (exact) mass is 557 g/mol. The summed E-state index contributed by atoms with van der Waals surface area (Å²) in [5, 5.41) is 12.8. The molecular formula is C25H23N3O6S3. The van der Waals surface area contributed by atoms with E-state index in [1.807, 2.05) is 30.3 Å². The standard InChI is InChI=1S/C25H23N3O6S3/c29-23(27-31)13-25(8-9-28(10-12-37(25,32)33)24(30)19-7-11-35-15-19)22-6-5-21(36-22)18-3-1-17(2-4-18)20-14-26-16-34-20/h1-7,11,14-16,31H,8-10,12-13H2,(H,27,29)/t25-/m0/s1. The minimum absolute atomic E-state index is 0.0286. The lowest BCUT2D eigenvalue weighted by atomic mass is 9.97. The second kappa shape index (κ2) is 10.2. The number of hydrogen-bond donors (Lipinski definition) is 2. The van der Waals surface area contributed by atoms with Crippen LogP contribution in [0.2, 0.25) is 0 Å². The summed E-state index contributed by atoms with van der Waals surface area (Å²) in [6.07, 6.45) is 2.57. The third-order valence-corrected chi connectivity index (χ3v) is 11.2. The summed E-state index contributed by atoms with van der Waals surface area (Å²) in [4.78, 5) is 32.1. The third-order valence-electron chi connectivity index (χ3n) is 6.58. The number of rotatable bonds is 6. The van der Waals surface area contributed by atoms with Crippen molar-refractivity contribution in [1.82, 2.24) is 15.4 Å². The van der Waals surface area contributed by atoms with Gasteiger partial charge in [-0.2, -0.15) is 11.3 Å². The quantitative estimate of drug-likeness (QED) is 0.269. The molecule has 1 aliphatic heterocycles. The van der Waals surface area contributed by atoms with E-state index >= 15 is 0 Å². The van der Waals surface area contributed by atoms with Gasteiger partial charge in [0.25, 0.3) is 5.91 Å². The van der Waals surface area contributed by atoms with Crippen LogP contribution < -0.4 is 5.48 Å². The molecule has 9 nitrogen and oxygen atoms in total. The molecule has 1 aromatic carbocycles. The number of carbonyl (C=O) groups is 2.